The average molecular weight is 418 g/mol. The van der Waals surface area contributed by atoms with Crippen molar-refractivity contribution in [1.29, 1.82) is 0 Å². The molecule has 31 heavy (non-hydrogen) atoms. The number of para-hydroxylation sites is 2. The van der Waals surface area contributed by atoms with E-state index in [0.29, 0.717) is 22.9 Å². The molecule has 4 rings (SSSR count). The van der Waals surface area contributed by atoms with E-state index in [1.807, 2.05) is 36.5 Å². The number of nitrogens with two attached hydrogens (primary N) is 1. The number of likely N-dealkylation sites (tertiary alicyclic amines) is 1. The second kappa shape index (κ2) is 9.35. The highest BCUT2D eigenvalue weighted by atomic mass is 16.1. The number of hydrogen-bond donors (Lipinski definition) is 2. The first-order valence-electron chi connectivity index (χ1n) is 11.0. The molecular weight excluding hydrogens is 386 g/mol. The second-order valence-corrected chi connectivity index (χ2v) is 8.28. The summed E-state index contributed by atoms with van der Waals surface area (Å²) in [7, 11) is 0. The van der Waals surface area contributed by atoms with E-state index in [1.165, 1.54) is 16.8 Å². The van der Waals surface area contributed by atoms with Crippen LogP contribution in [-0.2, 0) is 13.1 Å². The maximum absolute atomic E-state index is 12.5. The minimum Gasteiger partial charge on any atom is -0.397 e. The van der Waals surface area contributed by atoms with Gasteiger partial charge in [0.25, 0.3) is 5.91 Å². The zero-order valence-electron chi connectivity index (χ0n) is 18.3. The molecule has 6 heteroatoms. The van der Waals surface area contributed by atoms with Crippen LogP contribution in [0, 0.1) is 6.92 Å². The summed E-state index contributed by atoms with van der Waals surface area (Å²) in [4.78, 5) is 15.1. The van der Waals surface area contributed by atoms with Gasteiger partial charge >= 0.3 is 0 Å². The van der Waals surface area contributed by atoms with E-state index < -0.39 is 0 Å². The molecule has 0 aliphatic carbocycles. The van der Waals surface area contributed by atoms with E-state index in [4.69, 9.17) is 5.73 Å². The molecule has 0 saturated carbocycles. The minimum atomic E-state index is -0.137. The molecule has 1 fully saturated rings. The molecule has 1 aliphatic rings. The Kier molecular flexibility index (Phi) is 6.37. The van der Waals surface area contributed by atoms with Gasteiger partial charge in [0.2, 0.25) is 0 Å². The summed E-state index contributed by atoms with van der Waals surface area (Å²) in [6.45, 7) is 8.33. The quantitative estimate of drug-likeness (QED) is 0.582. The molecule has 2 aromatic carbocycles. The lowest BCUT2D eigenvalue weighted by molar-refractivity contribution is 0.102. The molecule has 1 aliphatic heterocycles. The Morgan fingerprint density at radius 3 is 2.48 bits per heavy atom. The summed E-state index contributed by atoms with van der Waals surface area (Å²) in [6.07, 6.45) is 4.28. The fraction of sp³-hybridized carbons (Fsp3) is 0.360. The fourth-order valence-corrected chi connectivity index (χ4v) is 4.34. The standard InChI is InChI=1S/C25H31N5O/c1-3-30-18(2)22(16-27-30)17-29-14-12-20(13-15-29)19-8-10-21(11-9-19)25(31)28-24-7-5-4-6-23(24)26/h4-11,16,20H,3,12-15,17,26H2,1-2H3,(H,28,31). The number of anilines is 2. The van der Waals surface area contributed by atoms with E-state index in [2.05, 4.69) is 46.0 Å². The number of carbonyl (C=O) groups excluding carboxylic acids is 1. The number of piperidine rings is 1. The van der Waals surface area contributed by atoms with Crippen LogP contribution in [0.4, 0.5) is 11.4 Å². The van der Waals surface area contributed by atoms with Crippen molar-refractivity contribution in [2.45, 2.75) is 45.7 Å². The van der Waals surface area contributed by atoms with Crippen LogP contribution >= 0.6 is 0 Å². The SMILES string of the molecule is CCn1ncc(CN2CCC(c3ccc(C(=O)Nc4ccccc4N)cc3)CC2)c1C. The molecular formula is C25H31N5O. The van der Waals surface area contributed by atoms with Crippen LogP contribution in [0.3, 0.4) is 0 Å². The van der Waals surface area contributed by atoms with Crippen LogP contribution < -0.4 is 11.1 Å². The molecule has 1 saturated heterocycles. The number of hydrogen-bond acceptors (Lipinski definition) is 4. The maximum atomic E-state index is 12.5. The molecule has 3 N–H and O–H groups in total. The number of nitrogens with one attached hydrogen (secondary N) is 1. The molecule has 0 atom stereocenters. The van der Waals surface area contributed by atoms with E-state index in [9.17, 15) is 4.79 Å². The normalized spacial score (nSPS) is 15.2. The van der Waals surface area contributed by atoms with Crippen molar-refractivity contribution in [2.75, 3.05) is 24.1 Å². The Bertz CT molecular complexity index is 1030. The number of nitrogen functional groups attached to an aromatic ring is 1. The number of amides is 1. The Morgan fingerprint density at radius 2 is 1.84 bits per heavy atom. The summed E-state index contributed by atoms with van der Waals surface area (Å²) in [5.74, 6) is 0.403. The van der Waals surface area contributed by atoms with Gasteiger partial charge in [0, 0.05) is 29.9 Å². The third-order valence-corrected chi connectivity index (χ3v) is 6.34. The topological polar surface area (TPSA) is 76.2 Å². The highest BCUT2D eigenvalue weighted by Gasteiger charge is 2.22. The molecule has 0 radical (unpaired) electrons. The number of carbonyl (C=O) groups is 1. The van der Waals surface area contributed by atoms with Gasteiger partial charge in [-0.2, -0.15) is 5.10 Å². The Labute approximate surface area is 184 Å². The molecule has 162 valence electrons. The molecule has 1 amide bonds. The zero-order valence-corrected chi connectivity index (χ0v) is 18.3. The monoisotopic (exact) mass is 417 g/mol. The molecule has 6 nitrogen and oxygen atoms in total. The van der Waals surface area contributed by atoms with Gasteiger partial charge in [-0.05, 0) is 75.5 Å². The number of nitrogens with zero attached hydrogens (tertiary/aromatic N) is 3. The Hall–Kier alpha value is -3.12. The molecule has 0 spiro atoms. The predicted molar refractivity (Wildman–Crippen MR) is 125 cm³/mol. The second-order valence-electron chi connectivity index (χ2n) is 8.28. The van der Waals surface area contributed by atoms with Crippen LogP contribution in [0.15, 0.2) is 54.7 Å². The fourth-order valence-electron chi connectivity index (χ4n) is 4.34. The number of benzene rings is 2. The van der Waals surface area contributed by atoms with Crippen molar-refractivity contribution in [3.8, 4) is 0 Å². The van der Waals surface area contributed by atoms with E-state index in [1.54, 1.807) is 6.07 Å². The predicted octanol–water partition coefficient (Wildman–Crippen LogP) is 4.43. The molecule has 0 unspecified atom stereocenters. The van der Waals surface area contributed by atoms with Crippen LogP contribution in [0.25, 0.3) is 0 Å². The average Bonchev–Trinajstić information content (AvgIpc) is 3.15. The van der Waals surface area contributed by atoms with Crippen LogP contribution in [-0.4, -0.2) is 33.7 Å². The van der Waals surface area contributed by atoms with Gasteiger partial charge in [-0.3, -0.25) is 14.4 Å². The van der Waals surface area contributed by atoms with Gasteiger partial charge in [-0.1, -0.05) is 24.3 Å². The molecule has 1 aromatic heterocycles. The highest BCUT2D eigenvalue weighted by molar-refractivity contribution is 6.05. The summed E-state index contributed by atoms with van der Waals surface area (Å²) in [5.41, 5.74) is 11.7. The molecule has 2 heterocycles. The summed E-state index contributed by atoms with van der Waals surface area (Å²) in [6, 6.07) is 15.3. The van der Waals surface area contributed by atoms with Crippen molar-refractivity contribution >= 4 is 17.3 Å². The van der Waals surface area contributed by atoms with Gasteiger partial charge in [0.15, 0.2) is 0 Å². The first-order valence-corrected chi connectivity index (χ1v) is 11.0. The third-order valence-electron chi connectivity index (χ3n) is 6.34. The first-order chi connectivity index (χ1) is 15.0. The van der Waals surface area contributed by atoms with Crippen molar-refractivity contribution in [3.05, 3.63) is 77.1 Å². The van der Waals surface area contributed by atoms with Crippen molar-refractivity contribution < 1.29 is 4.79 Å². The van der Waals surface area contributed by atoms with Gasteiger partial charge in [-0.15, -0.1) is 0 Å². The molecule has 3 aromatic rings. The van der Waals surface area contributed by atoms with Crippen LogP contribution in [0.2, 0.25) is 0 Å². The van der Waals surface area contributed by atoms with Gasteiger partial charge < -0.3 is 11.1 Å². The van der Waals surface area contributed by atoms with Crippen LogP contribution in [0.1, 0.15) is 52.9 Å². The number of rotatable bonds is 6. The lowest BCUT2D eigenvalue weighted by atomic mass is 9.89. The first kappa shape index (κ1) is 21.1. The van der Waals surface area contributed by atoms with Crippen LogP contribution in [0.5, 0.6) is 0 Å². The van der Waals surface area contributed by atoms with Crippen molar-refractivity contribution in [3.63, 3.8) is 0 Å². The third kappa shape index (κ3) is 4.80. The van der Waals surface area contributed by atoms with Gasteiger partial charge in [0.05, 0.1) is 17.6 Å². The summed E-state index contributed by atoms with van der Waals surface area (Å²) in [5, 5.41) is 7.35. The van der Waals surface area contributed by atoms with E-state index in [0.717, 1.165) is 39.0 Å². The zero-order chi connectivity index (χ0) is 21.8. The lowest BCUT2D eigenvalue weighted by Gasteiger charge is -2.32. The largest absolute Gasteiger partial charge is 0.397 e. The number of aromatic nitrogens is 2. The van der Waals surface area contributed by atoms with Gasteiger partial charge in [0.1, 0.15) is 0 Å². The summed E-state index contributed by atoms with van der Waals surface area (Å²) < 4.78 is 2.06. The lowest BCUT2D eigenvalue weighted by Crippen LogP contribution is -2.32. The smallest absolute Gasteiger partial charge is 0.255 e. The summed E-state index contributed by atoms with van der Waals surface area (Å²) >= 11 is 0. The number of aryl methyl sites for hydroxylation is 1. The van der Waals surface area contributed by atoms with E-state index in [-0.39, 0.29) is 5.91 Å². The highest BCUT2D eigenvalue weighted by Crippen LogP contribution is 2.29. The maximum Gasteiger partial charge on any atom is 0.255 e. The minimum absolute atomic E-state index is 0.137. The van der Waals surface area contributed by atoms with Crippen molar-refractivity contribution in [1.82, 2.24) is 14.7 Å². The Morgan fingerprint density at radius 1 is 1.13 bits per heavy atom. The Balaban J connectivity index is 1.32. The van der Waals surface area contributed by atoms with E-state index >= 15 is 0 Å². The van der Waals surface area contributed by atoms with Crippen molar-refractivity contribution in [2.24, 2.45) is 0 Å². The molecule has 0 bridgehead atoms. The van der Waals surface area contributed by atoms with Gasteiger partial charge in [-0.25, -0.2) is 0 Å².